The van der Waals surface area contributed by atoms with Crippen LogP contribution in [0.2, 0.25) is 0 Å². The van der Waals surface area contributed by atoms with Gasteiger partial charge in [-0.15, -0.1) is 0 Å². The van der Waals surface area contributed by atoms with Crippen LogP contribution >= 0.6 is 0 Å². The highest BCUT2D eigenvalue weighted by atomic mass is 16.7. The number of allylic oxidation sites excluding steroid dienone is 3. The van der Waals surface area contributed by atoms with Crippen LogP contribution in [0.25, 0.3) is 0 Å². The Bertz CT molecular complexity index is 1010. The molecule has 1 fully saturated rings. The fourth-order valence-corrected chi connectivity index (χ4v) is 8.35. The van der Waals surface area contributed by atoms with Crippen molar-refractivity contribution in [2.75, 3.05) is 13.2 Å². The van der Waals surface area contributed by atoms with Gasteiger partial charge in [0.2, 0.25) is 5.91 Å². The summed E-state index contributed by atoms with van der Waals surface area (Å²) in [5.41, 5.74) is 0. The maximum atomic E-state index is 13.0. The second kappa shape index (κ2) is 42.6. The topological polar surface area (TPSA) is 149 Å². The van der Waals surface area contributed by atoms with Gasteiger partial charge >= 0.3 is 0 Å². The van der Waals surface area contributed by atoms with Crippen LogP contribution in [0.15, 0.2) is 24.3 Å². The molecule has 9 heteroatoms. The van der Waals surface area contributed by atoms with E-state index in [9.17, 15) is 30.3 Å². The van der Waals surface area contributed by atoms with Gasteiger partial charge in [0.1, 0.15) is 24.4 Å². The van der Waals surface area contributed by atoms with E-state index < -0.39 is 49.5 Å². The van der Waals surface area contributed by atoms with Crippen LogP contribution in [0.3, 0.4) is 0 Å². The number of aliphatic hydroxyl groups is 5. The smallest absolute Gasteiger partial charge is 0.220 e. The molecule has 1 saturated heterocycles. The molecule has 0 aromatic rings. The minimum absolute atomic E-state index is 0.183. The number of ether oxygens (including phenoxy) is 2. The van der Waals surface area contributed by atoms with Crippen LogP contribution < -0.4 is 5.32 Å². The predicted octanol–water partition coefficient (Wildman–Crippen LogP) is 11.8. The lowest BCUT2D eigenvalue weighted by molar-refractivity contribution is -0.302. The summed E-state index contributed by atoms with van der Waals surface area (Å²) in [6.07, 6.45) is 45.1. The van der Waals surface area contributed by atoms with E-state index in [0.717, 1.165) is 38.5 Å². The zero-order chi connectivity index (χ0) is 44.4. The van der Waals surface area contributed by atoms with Crippen LogP contribution in [0.5, 0.6) is 0 Å². The summed E-state index contributed by atoms with van der Waals surface area (Å²) in [5.74, 6) is -0.183. The second-order valence-corrected chi connectivity index (χ2v) is 18.3. The number of hydrogen-bond donors (Lipinski definition) is 6. The first-order valence-electron chi connectivity index (χ1n) is 26.1. The molecule has 1 aliphatic heterocycles. The predicted molar refractivity (Wildman–Crippen MR) is 253 cm³/mol. The van der Waals surface area contributed by atoms with Gasteiger partial charge in [-0.1, -0.05) is 231 Å². The van der Waals surface area contributed by atoms with Crippen LogP contribution in [0.1, 0.15) is 245 Å². The average Bonchev–Trinajstić information content (AvgIpc) is 3.26. The van der Waals surface area contributed by atoms with E-state index in [1.165, 1.54) is 186 Å². The number of amides is 1. The van der Waals surface area contributed by atoms with Gasteiger partial charge in [0.05, 0.1) is 25.4 Å². The first-order valence-corrected chi connectivity index (χ1v) is 26.1. The minimum Gasteiger partial charge on any atom is -0.394 e. The van der Waals surface area contributed by atoms with Gasteiger partial charge in [-0.3, -0.25) is 4.79 Å². The number of nitrogens with one attached hydrogen (secondary N) is 1. The highest BCUT2D eigenvalue weighted by Gasteiger charge is 2.44. The molecule has 1 heterocycles. The average molecular weight is 866 g/mol. The fraction of sp³-hybridized carbons (Fsp3) is 0.904. The monoisotopic (exact) mass is 866 g/mol. The highest BCUT2D eigenvalue weighted by Crippen LogP contribution is 2.23. The number of carbonyl (C=O) groups is 1. The van der Waals surface area contributed by atoms with E-state index in [-0.39, 0.29) is 12.5 Å². The van der Waals surface area contributed by atoms with E-state index >= 15 is 0 Å². The van der Waals surface area contributed by atoms with Gasteiger partial charge in [-0.25, -0.2) is 0 Å². The number of carbonyl (C=O) groups excluding carboxylic acids is 1. The van der Waals surface area contributed by atoms with Crippen molar-refractivity contribution >= 4 is 5.91 Å². The molecule has 1 amide bonds. The van der Waals surface area contributed by atoms with Crippen LogP contribution in [0.4, 0.5) is 0 Å². The molecule has 1 aliphatic rings. The molecule has 7 unspecified atom stereocenters. The zero-order valence-corrected chi connectivity index (χ0v) is 39.7. The van der Waals surface area contributed by atoms with Crippen molar-refractivity contribution in [1.82, 2.24) is 5.32 Å². The van der Waals surface area contributed by atoms with Gasteiger partial charge in [-0.05, 0) is 32.1 Å². The van der Waals surface area contributed by atoms with Crippen LogP contribution in [-0.2, 0) is 14.3 Å². The molecule has 0 saturated carbocycles. The second-order valence-electron chi connectivity index (χ2n) is 18.3. The Morgan fingerprint density at radius 3 is 1.38 bits per heavy atom. The number of unbranched alkanes of at least 4 members (excludes halogenated alkanes) is 32. The van der Waals surface area contributed by atoms with Gasteiger partial charge in [0.25, 0.3) is 0 Å². The Kier molecular flexibility index (Phi) is 40.3. The highest BCUT2D eigenvalue weighted by molar-refractivity contribution is 5.76. The molecule has 0 aliphatic carbocycles. The van der Waals surface area contributed by atoms with E-state index in [2.05, 4.69) is 31.3 Å². The SMILES string of the molecule is CCCCCCCCCCCCCCCC/C=C/CC/C=C/C(O)C(COC1OC(CO)C(O)C(O)C1O)NC(=O)CCCCCCCCCCCCCCCCCCCC. The normalized spacial score (nSPS) is 20.5. The lowest BCUT2D eigenvalue weighted by atomic mass is 9.99. The Balaban J connectivity index is 2.31. The first-order chi connectivity index (χ1) is 29.8. The van der Waals surface area contributed by atoms with Crippen LogP contribution in [0, 0.1) is 0 Å². The van der Waals surface area contributed by atoms with Crippen LogP contribution in [-0.4, -0.2) is 87.5 Å². The summed E-state index contributed by atoms with van der Waals surface area (Å²) < 4.78 is 11.2. The molecule has 360 valence electrons. The van der Waals surface area contributed by atoms with Crippen molar-refractivity contribution in [3.8, 4) is 0 Å². The summed E-state index contributed by atoms with van der Waals surface area (Å²) >= 11 is 0. The van der Waals surface area contributed by atoms with Crippen molar-refractivity contribution in [3.63, 3.8) is 0 Å². The Morgan fingerprint density at radius 2 is 0.934 bits per heavy atom. The molecule has 7 atom stereocenters. The van der Waals surface area contributed by atoms with E-state index in [1.807, 2.05) is 6.08 Å². The van der Waals surface area contributed by atoms with E-state index in [4.69, 9.17) is 9.47 Å². The van der Waals surface area contributed by atoms with Crippen molar-refractivity contribution in [1.29, 1.82) is 0 Å². The summed E-state index contributed by atoms with van der Waals surface area (Å²) in [6, 6.07) is -0.817. The van der Waals surface area contributed by atoms with E-state index in [0.29, 0.717) is 6.42 Å². The number of hydrogen-bond acceptors (Lipinski definition) is 8. The maximum Gasteiger partial charge on any atom is 0.220 e. The number of aliphatic hydroxyl groups excluding tert-OH is 5. The van der Waals surface area contributed by atoms with E-state index in [1.54, 1.807) is 6.08 Å². The Hall–Kier alpha value is -1.33. The molecule has 0 radical (unpaired) electrons. The molecule has 6 N–H and O–H groups in total. The zero-order valence-electron chi connectivity index (χ0n) is 39.7. The number of rotatable bonds is 44. The third-order valence-corrected chi connectivity index (χ3v) is 12.5. The molecule has 0 aromatic heterocycles. The third-order valence-electron chi connectivity index (χ3n) is 12.5. The largest absolute Gasteiger partial charge is 0.394 e. The van der Waals surface area contributed by atoms with Gasteiger partial charge in [-0.2, -0.15) is 0 Å². The summed E-state index contributed by atoms with van der Waals surface area (Å²) in [6.45, 7) is 3.79. The summed E-state index contributed by atoms with van der Waals surface area (Å²) in [5, 5.41) is 54.3. The van der Waals surface area contributed by atoms with Crippen molar-refractivity contribution in [2.24, 2.45) is 0 Å². The van der Waals surface area contributed by atoms with Gasteiger partial charge in [0, 0.05) is 6.42 Å². The standard InChI is InChI=1S/C52H99NO8/c1-3-5-7-9-11-13-15-17-19-21-23-24-25-27-29-31-33-35-37-39-41-46(55)45(44-60-52-51(59)50(58)49(57)47(43-54)61-52)53-48(56)42-40-38-36-34-32-30-28-26-22-20-18-16-14-12-10-8-6-4-2/h31,33,39,41,45-47,49-52,54-55,57-59H,3-30,32,34-38,40,42-44H2,1-2H3,(H,53,56)/b33-31+,41-39+. The Morgan fingerprint density at radius 1 is 0.541 bits per heavy atom. The quantitative estimate of drug-likeness (QED) is 0.0262. The lowest BCUT2D eigenvalue weighted by Gasteiger charge is -2.40. The van der Waals surface area contributed by atoms with Gasteiger partial charge < -0.3 is 40.3 Å². The molecule has 1 rings (SSSR count). The Labute approximate surface area is 375 Å². The van der Waals surface area contributed by atoms with Crippen molar-refractivity contribution < 1.29 is 39.8 Å². The van der Waals surface area contributed by atoms with Crippen molar-refractivity contribution in [3.05, 3.63) is 24.3 Å². The minimum atomic E-state index is -1.57. The first kappa shape index (κ1) is 57.7. The fourth-order valence-electron chi connectivity index (χ4n) is 8.35. The van der Waals surface area contributed by atoms with Gasteiger partial charge in [0.15, 0.2) is 6.29 Å². The summed E-state index contributed by atoms with van der Waals surface area (Å²) in [7, 11) is 0. The molecule has 0 spiro atoms. The third kappa shape index (κ3) is 32.9. The summed E-state index contributed by atoms with van der Waals surface area (Å²) in [4.78, 5) is 13.0. The molecular formula is C52H99NO8. The van der Waals surface area contributed by atoms with Crippen molar-refractivity contribution in [2.45, 2.75) is 288 Å². The molecular weight excluding hydrogens is 767 g/mol. The molecule has 9 nitrogen and oxygen atoms in total. The maximum absolute atomic E-state index is 13.0. The lowest BCUT2D eigenvalue weighted by Crippen LogP contribution is -2.60. The molecule has 61 heavy (non-hydrogen) atoms. The molecule has 0 bridgehead atoms. The molecule has 0 aromatic carbocycles.